The van der Waals surface area contributed by atoms with E-state index in [0.717, 1.165) is 0 Å². The molecule has 96 valence electrons. The van der Waals surface area contributed by atoms with E-state index in [2.05, 4.69) is 15.0 Å². The Morgan fingerprint density at radius 3 is 2.63 bits per heavy atom. The van der Waals surface area contributed by atoms with E-state index in [0.29, 0.717) is 22.6 Å². The van der Waals surface area contributed by atoms with E-state index in [-0.39, 0.29) is 4.90 Å². The van der Waals surface area contributed by atoms with Crippen LogP contribution in [0.15, 0.2) is 47.5 Å². The average molecular weight is 273 g/mol. The lowest BCUT2D eigenvalue weighted by Gasteiger charge is -1.97. The number of H-pyrrole nitrogens is 1. The van der Waals surface area contributed by atoms with Crippen LogP contribution in [0, 0.1) is 0 Å². The Morgan fingerprint density at radius 1 is 1.11 bits per heavy atom. The highest BCUT2D eigenvalue weighted by molar-refractivity contribution is 7.91. The maximum absolute atomic E-state index is 11.7. The Hall–Kier alpha value is -2.21. The molecule has 6 heteroatoms. The van der Waals surface area contributed by atoms with E-state index in [1.54, 1.807) is 24.4 Å². The number of benzene rings is 1. The topological polar surface area (TPSA) is 75.7 Å². The third kappa shape index (κ3) is 2.10. The molecule has 0 radical (unpaired) electrons. The van der Waals surface area contributed by atoms with Gasteiger partial charge < -0.3 is 4.98 Å². The summed E-state index contributed by atoms with van der Waals surface area (Å²) in [4.78, 5) is 11.9. The first kappa shape index (κ1) is 11.9. The summed E-state index contributed by atoms with van der Waals surface area (Å²) >= 11 is 0. The van der Waals surface area contributed by atoms with Gasteiger partial charge in [-0.1, -0.05) is 12.1 Å². The molecule has 0 fully saturated rings. The summed E-state index contributed by atoms with van der Waals surface area (Å²) in [6.45, 7) is 0. The van der Waals surface area contributed by atoms with Gasteiger partial charge in [0.1, 0.15) is 11.2 Å². The highest BCUT2D eigenvalue weighted by Crippen LogP contribution is 2.24. The Kier molecular flexibility index (Phi) is 2.60. The van der Waals surface area contributed by atoms with Crippen LogP contribution in [0.4, 0.5) is 0 Å². The number of imidazole rings is 1. The Balaban J connectivity index is 2.28. The molecule has 0 unspecified atom stereocenters. The fourth-order valence-electron chi connectivity index (χ4n) is 1.93. The van der Waals surface area contributed by atoms with Gasteiger partial charge in [0.2, 0.25) is 0 Å². The monoisotopic (exact) mass is 273 g/mol. The third-order valence-electron chi connectivity index (χ3n) is 2.78. The molecular formula is C13H11N3O2S. The van der Waals surface area contributed by atoms with Crippen molar-refractivity contribution in [1.82, 2.24) is 15.0 Å². The van der Waals surface area contributed by atoms with Crippen molar-refractivity contribution in [2.75, 3.05) is 6.26 Å². The summed E-state index contributed by atoms with van der Waals surface area (Å²) in [6, 6.07) is 10.5. The first-order chi connectivity index (χ1) is 9.05. The smallest absolute Gasteiger partial charge is 0.177 e. The van der Waals surface area contributed by atoms with Crippen LogP contribution in [0.3, 0.4) is 0 Å². The molecule has 19 heavy (non-hydrogen) atoms. The first-order valence-corrected chi connectivity index (χ1v) is 7.55. The van der Waals surface area contributed by atoms with Crippen molar-refractivity contribution in [2.24, 2.45) is 0 Å². The molecule has 2 heterocycles. The Bertz CT molecular complexity index is 839. The van der Waals surface area contributed by atoms with Gasteiger partial charge in [0, 0.05) is 12.5 Å². The number of pyridine rings is 1. The zero-order valence-corrected chi connectivity index (χ0v) is 11.0. The van der Waals surface area contributed by atoms with E-state index in [1.807, 2.05) is 18.2 Å². The standard InChI is InChI=1S/C13H11N3O2S/c1-19(17,18)11-7-4-6-9-12(11)16-13(15-9)10-5-2-3-8-14-10/h2-8H,1H3,(H,15,16). The van der Waals surface area contributed by atoms with E-state index >= 15 is 0 Å². The van der Waals surface area contributed by atoms with Crippen LogP contribution in [0.25, 0.3) is 22.6 Å². The summed E-state index contributed by atoms with van der Waals surface area (Å²) in [5, 5.41) is 0. The molecule has 1 aromatic carbocycles. The summed E-state index contributed by atoms with van der Waals surface area (Å²) in [7, 11) is -3.30. The summed E-state index contributed by atoms with van der Waals surface area (Å²) in [6.07, 6.45) is 2.84. The lowest BCUT2D eigenvalue weighted by molar-refractivity contribution is 0.602. The molecule has 0 saturated heterocycles. The lowest BCUT2D eigenvalue weighted by Crippen LogP contribution is -1.97. The molecule has 0 aliphatic heterocycles. The predicted molar refractivity (Wildman–Crippen MR) is 72.4 cm³/mol. The zero-order chi connectivity index (χ0) is 13.5. The van der Waals surface area contributed by atoms with Gasteiger partial charge in [0.15, 0.2) is 15.7 Å². The summed E-state index contributed by atoms with van der Waals surface area (Å²) < 4.78 is 23.4. The second-order valence-electron chi connectivity index (χ2n) is 4.22. The Labute approximate surface area is 110 Å². The number of sulfone groups is 1. The second kappa shape index (κ2) is 4.17. The van der Waals surface area contributed by atoms with Gasteiger partial charge >= 0.3 is 0 Å². The Morgan fingerprint density at radius 2 is 1.95 bits per heavy atom. The maximum atomic E-state index is 11.7. The molecular weight excluding hydrogens is 262 g/mol. The fraction of sp³-hybridized carbons (Fsp3) is 0.0769. The molecule has 0 amide bonds. The minimum atomic E-state index is -3.30. The van der Waals surface area contributed by atoms with E-state index in [9.17, 15) is 8.42 Å². The van der Waals surface area contributed by atoms with E-state index in [1.165, 1.54) is 6.26 Å². The molecule has 0 saturated carbocycles. The molecule has 0 spiro atoms. The van der Waals surface area contributed by atoms with Crippen molar-refractivity contribution in [3.05, 3.63) is 42.6 Å². The molecule has 3 rings (SSSR count). The summed E-state index contributed by atoms with van der Waals surface area (Å²) in [5.74, 6) is 0.562. The van der Waals surface area contributed by atoms with E-state index < -0.39 is 9.84 Å². The fourth-order valence-corrected chi connectivity index (χ4v) is 2.76. The molecule has 0 atom stereocenters. The minimum Gasteiger partial charge on any atom is -0.337 e. The van der Waals surface area contributed by atoms with E-state index in [4.69, 9.17) is 0 Å². The van der Waals surface area contributed by atoms with Crippen molar-refractivity contribution in [3.8, 4) is 11.5 Å². The summed E-state index contributed by atoms with van der Waals surface area (Å²) in [5.41, 5.74) is 1.81. The normalized spacial score (nSPS) is 11.8. The van der Waals surface area contributed by atoms with Crippen LogP contribution in [-0.2, 0) is 9.84 Å². The van der Waals surface area contributed by atoms with Crippen LogP contribution in [-0.4, -0.2) is 29.6 Å². The largest absolute Gasteiger partial charge is 0.337 e. The van der Waals surface area contributed by atoms with Gasteiger partial charge in [-0.15, -0.1) is 0 Å². The van der Waals surface area contributed by atoms with Gasteiger partial charge in [-0.25, -0.2) is 13.4 Å². The van der Waals surface area contributed by atoms with Gasteiger partial charge in [0.25, 0.3) is 0 Å². The quantitative estimate of drug-likeness (QED) is 0.775. The number of aromatic amines is 1. The third-order valence-corrected chi connectivity index (χ3v) is 3.91. The number of aromatic nitrogens is 3. The number of para-hydroxylation sites is 1. The minimum absolute atomic E-state index is 0.225. The number of fused-ring (bicyclic) bond motifs is 1. The van der Waals surface area contributed by atoms with Crippen molar-refractivity contribution in [1.29, 1.82) is 0 Å². The highest BCUT2D eigenvalue weighted by Gasteiger charge is 2.15. The number of rotatable bonds is 2. The van der Waals surface area contributed by atoms with Crippen LogP contribution in [0.5, 0.6) is 0 Å². The predicted octanol–water partition coefficient (Wildman–Crippen LogP) is 2.03. The molecule has 0 bridgehead atoms. The molecule has 2 aromatic heterocycles. The molecule has 1 N–H and O–H groups in total. The zero-order valence-electron chi connectivity index (χ0n) is 10.2. The number of nitrogens with one attached hydrogen (secondary N) is 1. The molecule has 0 aliphatic carbocycles. The number of hydrogen-bond donors (Lipinski definition) is 1. The SMILES string of the molecule is CS(=O)(=O)c1cccc2[nH]c(-c3ccccn3)nc12. The number of nitrogens with zero attached hydrogens (tertiary/aromatic N) is 2. The van der Waals surface area contributed by atoms with Crippen molar-refractivity contribution in [3.63, 3.8) is 0 Å². The van der Waals surface area contributed by atoms with Crippen molar-refractivity contribution in [2.45, 2.75) is 4.90 Å². The van der Waals surface area contributed by atoms with Gasteiger partial charge in [0.05, 0.1) is 10.4 Å². The maximum Gasteiger partial charge on any atom is 0.177 e. The highest BCUT2D eigenvalue weighted by atomic mass is 32.2. The van der Waals surface area contributed by atoms with Gasteiger partial charge in [-0.2, -0.15) is 0 Å². The molecule has 3 aromatic rings. The average Bonchev–Trinajstić information content (AvgIpc) is 2.82. The molecule has 5 nitrogen and oxygen atoms in total. The van der Waals surface area contributed by atoms with Crippen LogP contribution in [0.2, 0.25) is 0 Å². The second-order valence-corrected chi connectivity index (χ2v) is 6.21. The van der Waals surface area contributed by atoms with Crippen LogP contribution in [0.1, 0.15) is 0 Å². The van der Waals surface area contributed by atoms with Crippen LogP contribution < -0.4 is 0 Å². The van der Waals surface area contributed by atoms with Gasteiger partial charge in [-0.05, 0) is 24.3 Å². The van der Waals surface area contributed by atoms with Crippen LogP contribution >= 0.6 is 0 Å². The van der Waals surface area contributed by atoms with Crippen molar-refractivity contribution >= 4 is 20.9 Å². The van der Waals surface area contributed by atoms with Crippen molar-refractivity contribution < 1.29 is 8.42 Å². The molecule has 0 aliphatic rings. The first-order valence-electron chi connectivity index (χ1n) is 5.66. The number of hydrogen-bond acceptors (Lipinski definition) is 4. The lowest BCUT2D eigenvalue weighted by atomic mass is 10.3. The van der Waals surface area contributed by atoms with Gasteiger partial charge in [-0.3, -0.25) is 4.98 Å².